The van der Waals surface area contributed by atoms with Crippen LogP contribution in [0.4, 0.5) is 0 Å². The Morgan fingerprint density at radius 1 is 1.36 bits per heavy atom. The highest BCUT2D eigenvalue weighted by atomic mass is 32.2. The van der Waals surface area contributed by atoms with Gasteiger partial charge in [-0.05, 0) is 38.3 Å². The van der Waals surface area contributed by atoms with Gasteiger partial charge in [0.1, 0.15) is 0 Å². The number of H-pyrrole nitrogens is 1. The van der Waals surface area contributed by atoms with Crippen molar-refractivity contribution in [3.05, 3.63) is 17.5 Å². The second-order valence-electron chi connectivity index (χ2n) is 7.29. The fourth-order valence-electron chi connectivity index (χ4n) is 3.94. The van der Waals surface area contributed by atoms with Gasteiger partial charge in [-0.15, -0.1) is 0 Å². The maximum absolute atomic E-state index is 12.6. The first-order valence-corrected chi connectivity index (χ1v) is 10.9. The van der Waals surface area contributed by atoms with Gasteiger partial charge in [-0.2, -0.15) is 5.10 Å². The van der Waals surface area contributed by atoms with Crippen LogP contribution in [0.1, 0.15) is 43.4 Å². The van der Waals surface area contributed by atoms with Crippen LogP contribution in [-0.4, -0.2) is 78.6 Å². The molecule has 0 radical (unpaired) electrons. The first kappa shape index (κ1) is 18.4. The van der Waals surface area contributed by atoms with Gasteiger partial charge in [0.2, 0.25) is 5.91 Å². The molecule has 3 rings (SSSR count). The molecule has 1 amide bonds. The average molecular weight is 369 g/mol. The number of rotatable bonds is 5. The lowest BCUT2D eigenvalue weighted by Crippen LogP contribution is -2.45. The fourth-order valence-corrected chi connectivity index (χ4v) is 5.74. The normalized spacial score (nSPS) is 24.1. The smallest absolute Gasteiger partial charge is 0.236 e. The number of likely N-dealkylation sites (tertiary alicyclic amines) is 1. The molecule has 25 heavy (non-hydrogen) atoms. The van der Waals surface area contributed by atoms with Gasteiger partial charge in [-0.25, -0.2) is 8.42 Å². The first-order chi connectivity index (χ1) is 11.9. The summed E-state index contributed by atoms with van der Waals surface area (Å²) in [5, 5.41) is 7.29. The summed E-state index contributed by atoms with van der Waals surface area (Å²) in [5.41, 5.74) is 2.50. The third-order valence-electron chi connectivity index (χ3n) is 5.60. The van der Waals surface area contributed by atoms with Crippen LogP contribution in [-0.2, 0) is 21.1 Å². The van der Waals surface area contributed by atoms with Crippen molar-refractivity contribution in [1.82, 2.24) is 20.0 Å². The highest BCUT2D eigenvalue weighted by Gasteiger charge is 2.32. The van der Waals surface area contributed by atoms with Gasteiger partial charge in [0.05, 0.1) is 24.2 Å². The number of aryl methyl sites for hydroxylation is 1. The van der Waals surface area contributed by atoms with Crippen LogP contribution in [0.25, 0.3) is 0 Å². The van der Waals surface area contributed by atoms with Crippen molar-refractivity contribution in [2.24, 2.45) is 0 Å². The maximum Gasteiger partial charge on any atom is 0.236 e. The topological polar surface area (TPSA) is 86.4 Å². The van der Waals surface area contributed by atoms with E-state index in [0.717, 1.165) is 32.4 Å². The highest BCUT2D eigenvalue weighted by Crippen LogP contribution is 2.29. The van der Waals surface area contributed by atoms with Gasteiger partial charge in [0.15, 0.2) is 9.84 Å². The molecule has 2 saturated heterocycles. The summed E-state index contributed by atoms with van der Waals surface area (Å²) in [6.45, 7) is 3.94. The maximum atomic E-state index is 12.6. The second-order valence-corrected chi connectivity index (χ2v) is 9.52. The first-order valence-electron chi connectivity index (χ1n) is 9.10. The Balaban J connectivity index is 1.50. The summed E-state index contributed by atoms with van der Waals surface area (Å²) in [4.78, 5) is 16.4. The Morgan fingerprint density at radius 2 is 2.08 bits per heavy atom. The van der Waals surface area contributed by atoms with E-state index in [1.165, 1.54) is 11.3 Å². The summed E-state index contributed by atoms with van der Waals surface area (Å²) in [6, 6.07) is -0.0244. The molecule has 0 saturated carbocycles. The molecule has 2 aliphatic rings. The fraction of sp³-hybridized carbons (Fsp3) is 0.765. The number of amides is 1. The molecule has 1 N–H and O–H groups in total. The molecule has 1 aromatic rings. The molecule has 0 spiro atoms. The standard InChI is InChI=1S/C17H28N4O3S/c1-3-13-10-18-19-17(13)14-4-7-21(8-5-14)16(22)11-20(2)15-6-9-25(23,24)12-15/h10,14-15H,3-9,11-12H2,1-2H3,(H,18,19)/t15-/m0/s1. The number of hydrogen-bond acceptors (Lipinski definition) is 5. The van der Waals surface area contributed by atoms with Gasteiger partial charge in [-0.3, -0.25) is 14.8 Å². The van der Waals surface area contributed by atoms with Crippen LogP contribution in [0.5, 0.6) is 0 Å². The predicted molar refractivity (Wildman–Crippen MR) is 96.2 cm³/mol. The van der Waals surface area contributed by atoms with Crippen LogP contribution < -0.4 is 0 Å². The quantitative estimate of drug-likeness (QED) is 0.831. The van der Waals surface area contributed by atoms with E-state index in [2.05, 4.69) is 17.1 Å². The SMILES string of the molecule is CCc1cn[nH]c1C1CCN(C(=O)CN(C)[C@H]2CCS(=O)(=O)C2)CC1. The van der Waals surface area contributed by atoms with E-state index >= 15 is 0 Å². The molecule has 1 atom stereocenters. The molecule has 0 unspecified atom stereocenters. The largest absolute Gasteiger partial charge is 0.342 e. The summed E-state index contributed by atoms with van der Waals surface area (Å²) >= 11 is 0. The van der Waals surface area contributed by atoms with Crippen LogP contribution >= 0.6 is 0 Å². The predicted octanol–water partition coefficient (Wildman–Crippen LogP) is 0.797. The van der Waals surface area contributed by atoms with E-state index in [-0.39, 0.29) is 23.5 Å². The summed E-state index contributed by atoms with van der Waals surface area (Å²) in [6.07, 6.45) is 5.40. The molecule has 0 bridgehead atoms. The van der Waals surface area contributed by atoms with Crippen molar-refractivity contribution < 1.29 is 13.2 Å². The Morgan fingerprint density at radius 3 is 2.68 bits per heavy atom. The third-order valence-corrected chi connectivity index (χ3v) is 7.35. The lowest BCUT2D eigenvalue weighted by Gasteiger charge is -2.33. The van der Waals surface area contributed by atoms with Gasteiger partial charge >= 0.3 is 0 Å². The molecular formula is C17H28N4O3S. The molecule has 8 heteroatoms. The molecule has 0 aromatic carbocycles. The van der Waals surface area contributed by atoms with Crippen LogP contribution in [0, 0.1) is 0 Å². The summed E-state index contributed by atoms with van der Waals surface area (Å²) in [5.74, 6) is 0.967. The number of likely N-dealkylation sites (N-methyl/N-ethyl adjacent to an activating group) is 1. The van der Waals surface area contributed by atoms with Crippen LogP contribution in [0.3, 0.4) is 0 Å². The molecule has 1 aromatic heterocycles. The number of carbonyl (C=O) groups is 1. The minimum absolute atomic E-state index is 0.0244. The van der Waals surface area contributed by atoms with Crippen molar-refractivity contribution >= 4 is 15.7 Å². The van der Waals surface area contributed by atoms with E-state index < -0.39 is 9.84 Å². The molecule has 3 heterocycles. The van der Waals surface area contributed by atoms with Gasteiger partial charge in [0.25, 0.3) is 0 Å². The number of nitrogens with one attached hydrogen (secondary N) is 1. The number of hydrogen-bond donors (Lipinski definition) is 1. The minimum atomic E-state index is -2.92. The van der Waals surface area contributed by atoms with Crippen molar-refractivity contribution in [3.8, 4) is 0 Å². The summed E-state index contributed by atoms with van der Waals surface area (Å²) in [7, 11) is -1.06. The van der Waals surface area contributed by atoms with Gasteiger partial charge in [0, 0.05) is 30.7 Å². The van der Waals surface area contributed by atoms with E-state index in [1.54, 1.807) is 0 Å². The van der Waals surface area contributed by atoms with Gasteiger partial charge < -0.3 is 4.90 Å². The van der Waals surface area contributed by atoms with E-state index in [9.17, 15) is 13.2 Å². The number of carbonyl (C=O) groups excluding carboxylic acids is 1. The minimum Gasteiger partial charge on any atom is -0.342 e. The van der Waals surface area contributed by atoms with Crippen molar-refractivity contribution in [2.75, 3.05) is 38.2 Å². The third kappa shape index (κ3) is 4.23. The Kier molecular flexibility index (Phi) is 5.48. The Labute approximate surface area is 149 Å². The van der Waals surface area contributed by atoms with E-state index in [1.807, 2.05) is 23.0 Å². The molecule has 2 aliphatic heterocycles. The highest BCUT2D eigenvalue weighted by molar-refractivity contribution is 7.91. The average Bonchev–Trinajstić information content (AvgIpc) is 3.20. The van der Waals surface area contributed by atoms with Crippen molar-refractivity contribution in [3.63, 3.8) is 0 Å². The molecule has 0 aliphatic carbocycles. The molecule has 140 valence electrons. The lowest BCUT2D eigenvalue weighted by atomic mass is 9.91. The Bertz CT molecular complexity index is 707. The van der Waals surface area contributed by atoms with Crippen molar-refractivity contribution in [1.29, 1.82) is 0 Å². The molecule has 2 fully saturated rings. The van der Waals surface area contributed by atoms with E-state index in [4.69, 9.17) is 0 Å². The zero-order valence-corrected chi connectivity index (χ0v) is 15.9. The molecular weight excluding hydrogens is 340 g/mol. The number of aromatic amines is 1. The van der Waals surface area contributed by atoms with Crippen LogP contribution in [0.15, 0.2) is 6.20 Å². The van der Waals surface area contributed by atoms with E-state index in [0.29, 0.717) is 18.9 Å². The van der Waals surface area contributed by atoms with Crippen LogP contribution in [0.2, 0.25) is 0 Å². The zero-order chi connectivity index (χ0) is 18.0. The number of nitrogens with zero attached hydrogens (tertiary/aromatic N) is 3. The van der Waals surface area contributed by atoms with Crippen molar-refractivity contribution in [2.45, 2.75) is 44.6 Å². The second kappa shape index (κ2) is 7.45. The zero-order valence-electron chi connectivity index (χ0n) is 15.1. The number of piperidine rings is 1. The molecule has 7 nitrogen and oxygen atoms in total. The lowest BCUT2D eigenvalue weighted by molar-refractivity contribution is -0.133. The summed E-state index contributed by atoms with van der Waals surface area (Å²) < 4.78 is 23.2. The number of aromatic nitrogens is 2. The Hall–Kier alpha value is -1.41. The number of sulfone groups is 1. The monoisotopic (exact) mass is 368 g/mol. The van der Waals surface area contributed by atoms with Gasteiger partial charge in [-0.1, -0.05) is 6.92 Å².